The Morgan fingerprint density at radius 1 is 1.11 bits per heavy atom. The first-order valence-corrected chi connectivity index (χ1v) is 10.6. The smallest absolute Gasteiger partial charge is 0.236 e. The standard InChI is InChI=1S/C21H14BrN3O2S/c1-14-5-7-18(8-6-14)28(26,27)25-13-20(16-4-2-3-15(9-16)11-23)19-10-17(22)12-24-21(19)25/h2-10,12-13H,1H3. The Bertz CT molecular complexity index is 1350. The van der Waals surface area contributed by atoms with Gasteiger partial charge >= 0.3 is 0 Å². The monoisotopic (exact) mass is 451 g/mol. The molecule has 2 aromatic heterocycles. The van der Waals surface area contributed by atoms with E-state index in [0.29, 0.717) is 22.2 Å². The summed E-state index contributed by atoms with van der Waals surface area (Å²) in [7, 11) is -3.82. The summed E-state index contributed by atoms with van der Waals surface area (Å²) in [6, 6.07) is 17.7. The van der Waals surface area contributed by atoms with Crippen LogP contribution in [0, 0.1) is 18.3 Å². The molecule has 28 heavy (non-hydrogen) atoms. The third-order valence-corrected chi connectivity index (χ3v) is 6.56. The summed E-state index contributed by atoms with van der Waals surface area (Å²) in [5.41, 5.74) is 3.26. The first-order chi connectivity index (χ1) is 13.4. The molecule has 0 aliphatic rings. The van der Waals surface area contributed by atoms with E-state index in [1.165, 1.54) is 3.97 Å². The highest BCUT2D eigenvalue weighted by molar-refractivity contribution is 9.10. The fourth-order valence-electron chi connectivity index (χ4n) is 3.05. The van der Waals surface area contributed by atoms with Gasteiger partial charge in [0, 0.05) is 27.8 Å². The van der Waals surface area contributed by atoms with Crippen LogP contribution in [0.25, 0.3) is 22.2 Å². The lowest BCUT2D eigenvalue weighted by Crippen LogP contribution is -2.12. The Morgan fingerprint density at radius 3 is 2.57 bits per heavy atom. The van der Waals surface area contributed by atoms with Gasteiger partial charge in [-0.15, -0.1) is 0 Å². The Morgan fingerprint density at radius 2 is 1.86 bits per heavy atom. The van der Waals surface area contributed by atoms with Crippen molar-refractivity contribution >= 4 is 37.0 Å². The van der Waals surface area contributed by atoms with Crippen LogP contribution in [0.15, 0.2) is 76.4 Å². The number of aryl methyl sites for hydroxylation is 1. The predicted molar refractivity (Wildman–Crippen MR) is 111 cm³/mol. The van der Waals surface area contributed by atoms with Crippen molar-refractivity contribution in [2.24, 2.45) is 0 Å². The molecule has 0 saturated heterocycles. The lowest BCUT2D eigenvalue weighted by atomic mass is 10.0. The first kappa shape index (κ1) is 18.4. The molecule has 0 bridgehead atoms. The highest BCUT2D eigenvalue weighted by Crippen LogP contribution is 2.33. The van der Waals surface area contributed by atoms with E-state index in [2.05, 4.69) is 27.0 Å². The molecule has 4 rings (SSSR count). The second-order valence-electron chi connectivity index (χ2n) is 6.37. The average Bonchev–Trinajstić information content (AvgIpc) is 3.08. The molecule has 0 atom stereocenters. The molecule has 0 N–H and O–H groups in total. The molecule has 7 heteroatoms. The SMILES string of the molecule is Cc1ccc(S(=O)(=O)n2cc(-c3cccc(C#N)c3)c3cc(Br)cnc32)cc1. The molecule has 138 valence electrons. The van der Waals surface area contributed by atoms with Crippen molar-refractivity contribution in [2.45, 2.75) is 11.8 Å². The molecule has 0 unspecified atom stereocenters. The molecule has 0 radical (unpaired) electrons. The van der Waals surface area contributed by atoms with Crippen LogP contribution in [0.1, 0.15) is 11.1 Å². The number of hydrogen-bond donors (Lipinski definition) is 0. The maximum atomic E-state index is 13.3. The van der Waals surface area contributed by atoms with E-state index in [1.54, 1.807) is 54.9 Å². The number of hydrogen-bond acceptors (Lipinski definition) is 4. The number of nitriles is 1. The Labute approximate surface area is 171 Å². The molecule has 0 aliphatic heterocycles. The van der Waals surface area contributed by atoms with Crippen molar-refractivity contribution in [1.29, 1.82) is 5.26 Å². The average molecular weight is 452 g/mol. The van der Waals surface area contributed by atoms with Gasteiger partial charge in [-0.25, -0.2) is 17.4 Å². The van der Waals surface area contributed by atoms with Crippen LogP contribution < -0.4 is 0 Å². The molecule has 4 aromatic rings. The Balaban J connectivity index is 2.01. The molecule has 2 aromatic carbocycles. The van der Waals surface area contributed by atoms with Crippen LogP contribution in [0.5, 0.6) is 0 Å². The van der Waals surface area contributed by atoms with Gasteiger partial charge in [0.05, 0.1) is 16.5 Å². The van der Waals surface area contributed by atoms with Crippen molar-refractivity contribution in [3.05, 3.63) is 82.6 Å². The summed E-state index contributed by atoms with van der Waals surface area (Å²) in [6.45, 7) is 1.90. The minimum Gasteiger partial charge on any atom is -0.236 e. The van der Waals surface area contributed by atoms with Crippen LogP contribution >= 0.6 is 15.9 Å². The fraction of sp³-hybridized carbons (Fsp3) is 0.0476. The normalized spacial score (nSPS) is 11.5. The number of nitrogens with zero attached hydrogens (tertiary/aromatic N) is 3. The number of rotatable bonds is 3. The minimum atomic E-state index is -3.82. The zero-order valence-corrected chi connectivity index (χ0v) is 17.2. The van der Waals surface area contributed by atoms with Crippen molar-refractivity contribution in [1.82, 2.24) is 8.96 Å². The quantitative estimate of drug-likeness (QED) is 0.444. The summed E-state index contributed by atoms with van der Waals surface area (Å²) in [4.78, 5) is 4.54. The van der Waals surface area contributed by atoms with Crippen LogP contribution in [0.4, 0.5) is 0 Å². The highest BCUT2D eigenvalue weighted by atomic mass is 79.9. The van der Waals surface area contributed by atoms with Crippen molar-refractivity contribution < 1.29 is 8.42 Å². The largest absolute Gasteiger partial charge is 0.269 e. The van der Waals surface area contributed by atoms with Gasteiger partial charge in [-0.1, -0.05) is 29.8 Å². The molecule has 0 spiro atoms. The zero-order valence-electron chi connectivity index (χ0n) is 14.8. The Kier molecular flexibility index (Phi) is 4.53. The molecular weight excluding hydrogens is 438 g/mol. The van der Waals surface area contributed by atoms with Gasteiger partial charge in [0.1, 0.15) is 0 Å². The second-order valence-corrected chi connectivity index (χ2v) is 9.10. The van der Waals surface area contributed by atoms with Gasteiger partial charge < -0.3 is 0 Å². The van der Waals surface area contributed by atoms with Gasteiger partial charge in [0.15, 0.2) is 5.65 Å². The third kappa shape index (κ3) is 3.11. The van der Waals surface area contributed by atoms with E-state index >= 15 is 0 Å². The lowest BCUT2D eigenvalue weighted by Gasteiger charge is -2.07. The summed E-state index contributed by atoms with van der Waals surface area (Å²) in [6.07, 6.45) is 3.13. The van der Waals surface area contributed by atoms with Gasteiger partial charge in [-0.2, -0.15) is 5.26 Å². The fourth-order valence-corrected chi connectivity index (χ4v) is 4.70. The highest BCUT2D eigenvalue weighted by Gasteiger charge is 2.23. The topological polar surface area (TPSA) is 75.8 Å². The molecule has 0 aliphatic carbocycles. The van der Waals surface area contributed by atoms with Gasteiger partial charge in [-0.3, -0.25) is 0 Å². The van der Waals surface area contributed by atoms with E-state index in [4.69, 9.17) is 0 Å². The molecule has 0 fully saturated rings. The number of aromatic nitrogens is 2. The molecular formula is C21H14BrN3O2S. The second kappa shape index (κ2) is 6.89. The molecule has 5 nitrogen and oxygen atoms in total. The minimum absolute atomic E-state index is 0.192. The van der Waals surface area contributed by atoms with Gasteiger partial charge in [0.25, 0.3) is 10.0 Å². The van der Waals surface area contributed by atoms with Crippen LogP contribution in [-0.4, -0.2) is 17.4 Å². The van der Waals surface area contributed by atoms with E-state index in [0.717, 1.165) is 15.6 Å². The Hall–Kier alpha value is -2.95. The molecule has 0 amide bonds. The number of halogens is 1. The molecule has 0 saturated carbocycles. The molecule has 2 heterocycles. The number of fused-ring (bicyclic) bond motifs is 1. The maximum Gasteiger partial charge on any atom is 0.269 e. The van der Waals surface area contributed by atoms with Gasteiger partial charge in [-0.05, 0) is 58.7 Å². The van der Waals surface area contributed by atoms with Crippen LogP contribution in [0.3, 0.4) is 0 Å². The summed E-state index contributed by atoms with van der Waals surface area (Å²) in [5, 5.41) is 9.88. The van der Waals surface area contributed by atoms with E-state index in [-0.39, 0.29) is 4.90 Å². The summed E-state index contributed by atoms with van der Waals surface area (Å²) >= 11 is 3.41. The maximum absolute atomic E-state index is 13.3. The lowest BCUT2D eigenvalue weighted by molar-refractivity contribution is 0.589. The first-order valence-electron chi connectivity index (χ1n) is 8.39. The summed E-state index contributed by atoms with van der Waals surface area (Å²) in [5.74, 6) is 0. The van der Waals surface area contributed by atoms with Crippen molar-refractivity contribution in [3.8, 4) is 17.2 Å². The number of benzene rings is 2. The van der Waals surface area contributed by atoms with E-state index in [9.17, 15) is 13.7 Å². The number of pyridine rings is 1. The van der Waals surface area contributed by atoms with E-state index in [1.807, 2.05) is 19.1 Å². The van der Waals surface area contributed by atoms with Crippen molar-refractivity contribution in [2.75, 3.05) is 0 Å². The van der Waals surface area contributed by atoms with E-state index < -0.39 is 10.0 Å². The zero-order chi connectivity index (χ0) is 19.9. The van der Waals surface area contributed by atoms with Crippen molar-refractivity contribution in [3.63, 3.8) is 0 Å². The van der Waals surface area contributed by atoms with Gasteiger partial charge in [0.2, 0.25) is 0 Å². The predicted octanol–water partition coefficient (Wildman–Crippen LogP) is 4.88. The van der Waals surface area contributed by atoms with Crippen LogP contribution in [-0.2, 0) is 10.0 Å². The summed E-state index contributed by atoms with van der Waals surface area (Å²) < 4.78 is 28.5. The third-order valence-electron chi connectivity index (χ3n) is 4.46. The van der Waals surface area contributed by atoms with Crippen LogP contribution in [0.2, 0.25) is 0 Å².